The lowest BCUT2D eigenvalue weighted by molar-refractivity contribution is -0.141. The fraction of sp³-hybridized carbons (Fsp3) is 0.522. The number of carbonyl (C=O) groups excluding carboxylic acids is 2. The van der Waals surface area contributed by atoms with Gasteiger partial charge in [-0.2, -0.15) is 0 Å². The number of hydrogen-bond donors (Lipinski definition) is 3. The number of β-amino-alcohol motifs (C(OH)–C–C–N with tert-alkyl or cyclic N) is 1. The van der Waals surface area contributed by atoms with Gasteiger partial charge in [0, 0.05) is 18.5 Å². The third-order valence-electron chi connectivity index (χ3n) is 5.84. The molecule has 8 nitrogen and oxygen atoms in total. The van der Waals surface area contributed by atoms with Crippen molar-refractivity contribution in [1.82, 2.24) is 15.2 Å². The second kappa shape index (κ2) is 8.80. The van der Waals surface area contributed by atoms with E-state index in [1.807, 2.05) is 58.9 Å². The van der Waals surface area contributed by atoms with Gasteiger partial charge in [-0.05, 0) is 24.8 Å². The van der Waals surface area contributed by atoms with Gasteiger partial charge in [-0.1, -0.05) is 45.0 Å². The lowest BCUT2D eigenvalue weighted by Crippen LogP contribution is -2.55. The molecule has 1 aliphatic heterocycles. The maximum atomic E-state index is 13.0. The number of aromatic nitrogens is 1. The fourth-order valence-electron chi connectivity index (χ4n) is 3.75. The summed E-state index contributed by atoms with van der Waals surface area (Å²) in [4.78, 5) is 31.4. The van der Waals surface area contributed by atoms with E-state index in [-0.39, 0.29) is 30.8 Å². The molecule has 4 unspecified atom stereocenters. The van der Waals surface area contributed by atoms with Crippen molar-refractivity contribution in [2.45, 2.75) is 65.3 Å². The summed E-state index contributed by atoms with van der Waals surface area (Å²) in [5, 5.41) is 13.1. The Labute approximate surface area is 182 Å². The molecule has 1 aromatic carbocycles. The Hall–Kier alpha value is -2.71. The van der Waals surface area contributed by atoms with E-state index in [1.165, 1.54) is 11.3 Å². The normalized spacial score (nSPS) is 21.1. The molecule has 1 aromatic heterocycles. The molecule has 2 amide bonds. The van der Waals surface area contributed by atoms with Crippen LogP contribution in [0.2, 0.25) is 0 Å². The zero-order chi connectivity index (χ0) is 22.9. The third-order valence-corrected chi connectivity index (χ3v) is 5.84. The first-order valence-electron chi connectivity index (χ1n) is 10.5. The number of aryl methyl sites for hydroxylation is 1. The zero-order valence-corrected chi connectivity index (χ0v) is 18.8. The van der Waals surface area contributed by atoms with Gasteiger partial charge in [0.25, 0.3) is 0 Å². The first-order valence-corrected chi connectivity index (χ1v) is 10.5. The van der Waals surface area contributed by atoms with Gasteiger partial charge in [0.05, 0.1) is 23.9 Å². The maximum Gasteiger partial charge on any atom is 0.243 e. The first-order chi connectivity index (χ1) is 14.5. The molecule has 3 rings (SSSR count). The monoisotopic (exact) mass is 428 g/mol. The van der Waals surface area contributed by atoms with E-state index in [4.69, 9.17) is 10.2 Å². The van der Waals surface area contributed by atoms with Crippen LogP contribution in [0.5, 0.6) is 0 Å². The van der Waals surface area contributed by atoms with Crippen LogP contribution in [0.25, 0.3) is 11.3 Å². The van der Waals surface area contributed by atoms with Crippen LogP contribution >= 0.6 is 0 Å². The number of likely N-dealkylation sites (tertiary alicyclic amines) is 1. The number of nitrogens with zero attached hydrogens (tertiary/aromatic N) is 2. The number of nitrogens with one attached hydrogen (secondary N) is 1. The molecule has 0 bridgehead atoms. The molecule has 0 saturated carbocycles. The summed E-state index contributed by atoms with van der Waals surface area (Å²) < 4.78 is 5.42. The number of aliphatic hydroxyl groups is 1. The van der Waals surface area contributed by atoms with E-state index in [1.54, 1.807) is 0 Å². The molecule has 2 aromatic rings. The lowest BCUT2D eigenvalue weighted by Gasteiger charge is -2.32. The summed E-state index contributed by atoms with van der Waals surface area (Å²) in [5.74, 6) is 0.102. The Morgan fingerprint density at radius 1 is 1.29 bits per heavy atom. The van der Waals surface area contributed by atoms with Gasteiger partial charge in [-0.15, -0.1) is 0 Å². The van der Waals surface area contributed by atoms with Crippen molar-refractivity contribution >= 4 is 11.8 Å². The Morgan fingerprint density at radius 2 is 1.94 bits per heavy atom. The number of oxazole rings is 1. The highest BCUT2D eigenvalue weighted by Crippen LogP contribution is 2.27. The third kappa shape index (κ3) is 4.97. The van der Waals surface area contributed by atoms with E-state index in [0.717, 1.165) is 16.8 Å². The van der Waals surface area contributed by atoms with E-state index >= 15 is 0 Å². The molecular weight excluding hydrogens is 396 g/mol. The largest absolute Gasteiger partial charge is 0.443 e. The van der Waals surface area contributed by atoms with Gasteiger partial charge in [0.2, 0.25) is 11.8 Å². The molecule has 1 saturated heterocycles. The van der Waals surface area contributed by atoms with Crippen LogP contribution in [0, 0.1) is 12.3 Å². The number of nitrogens with two attached hydrogens (primary N) is 1. The standard InChI is InChI=1S/C23H32N4O4/c1-13(15-6-8-16(9-7-15)19-14(2)25-12-31-19)26-21(29)18-10-17(28)11-27(18)22(30)20(24)23(3,4)5/h6-9,12-13,17-18,20,28H,10-11,24H2,1-5H3,(H,26,29). The molecule has 0 radical (unpaired) electrons. The minimum Gasteiger partial charge on any atom is -0.443 e. The Balaban J connectivity index is 1.69. The average molecular weight is 429 g/mol. The van der Waals surface area contributed by atoms with Crippen LogP contribution in [-0.2, 0) is 9.59 Å². The summed E-state index contributed by atoms with van der Waals surface area (Å²) in [6, 6.07) is 5.91. The Bertz CT molecular complexity index is 932. The van der Waals surface area contributed by atoms with Crippen molar-refractivity contribution in [1.29, 1.82) is 0 Å². The molecule has 31 heavy (non-hydrogen) atoms. The first kappa shape index (κ1) is 23.0. The highest BCUT2D eigenvalue weighted by molar-refractivity contribution is 5.91. The maximum absolute atomic E-state index is 13.0. The number of rotatable bonds is 5. The minimum atomic E-state index is -0.752. The number of benzene rings is 1. The summed E-state index contributed by atoms with van der Waals surface area (Å²) in [7, 11) is 0. The molecular formula is C23H32N4O4. The predicted molar refractivity (Wildman–Crippen MR) is 117 cm³/mol. The van der Waals surface area contributed by atoms with Gasteiger partial charge >= 0.3 is 0 Å². The van der Waals surface area contributed by atoms with Gasteiger partial charge in [-0.3, -0.25) is 9.59 Å². The Kier molecular flexibility index (Phi) is 6.52. The second-order valence-electron chi connectivity index (χ2n) is 9.36. The number of amides is 2. The molecule has 2 heterocycles. The van der Waals surface area contributed by atoms with E-state index in [0.29, 0.717) is 5.76 Å². The van der Waals surface area contributed by atoms with Crippen molar-refractivity contribution in [2.24, 2.45) is 11.1 Å². The average Bonchev–Trinajstić information content (AvgIpc) is 3.31. The Morgan fingerprint density at radius 3 is 2.48 bits per heavy atom. The number of carbonyl (C=O) groups is 2. The van der Waals surface area contributed by atoms with E-state index < -0.39 is 23.6 Å². The second-order valence-corrected chi connectivity index (χ2v) is 9.36. The summed E-state index contributed by atoms with van der Waals surface area (Å²) in [5.41, 5.74) is 8.31. The van der Waals surface area contributed by atoms with E-state index in [9.17, 15) is 14.7 Å². The summed E-state index contributed by atoms with van der Waals surface area (Å²) in [6.45, 7) is 9.51. The van der Waals surface area contributed by atoms with Crippen molar-refractivity contribution in [3.8, 4) is 11.3 Å². The van der Waals surface area contributed by atoms with Crippen LogP contribution < -0.4 is 11.1 Å². The summed E-state index contributed by atoms with van der Waals surface area (Å²) in [6.07, 6.45) is 0.868. The van der Waals surface area contributed by atoms with E-state index in [2.05, 4.69) is 10.3 Å². The lowest BCUT2D eigenvalue weighted by atomic mass is 9.86. The van der Waals surface area contributed by atoms with Gasteiger partial charge < -0.3 is 25.5 Å². The van der Waals surface area contributed by atoms with Crippen LogP contribution in [-0.4, -0.2) is 51.5 Å². The molecule has 4 N–H and O–H groups in total. The van der Waals surface area contributed by atoms with Crippen LogP contribution in [0.3, 0.4) is 0 Å². The highest BCUT2D eigenvalue weighted by atomic mass is 16.3. The molecule has 1 fully saturated rings. The molecule has 8 heteroatoms. The number of aliphatic hydroxyl groups excluding tert-OH is 1. The van der Waals surface area contributed by atoms with Crippen molar-refractivity contribution in [3.05, 3.63) is 41.9 Å². The number of hydrogen-bond acceptors (Lipinski definition) is 6. The molecule has 168 valence electrons. The van der Waals surface area contributed by atoms with Gasteiger partial charge in [0.15, 0.2) is 12.2 Å². The van der Waals surface area contributed by atoms with Crippen molar-refractivity contribution < 1.29 is 19.1 Å². The topological polar surface area (TPSA) is 122 Å². The molecule has 4 atom stereocenters. The highest BCUT2D eigenvalue weighted by Gasteiger charge is 2.42. The van der Waals surface area contributed by atoms with Crippen LogP contribution in [0.15, 0.2) is 35.1 Å². The van der Waals surface area contributed by atoms with Crippen LogP contribution in [0.1, 0.15) is 51.4 Å². The van der Waals surface area contributed by atoms with Gasteiger partial charge in [0.1, 0.15) is 6.04 Å². The predicted octanol–water partition coefficient (Wildman–Crippen LogP) is 2.16. The zero-order valence-electron chi connectivity index (χ0n) is 18.8. The van der Waals surface area contributed by atoms with Crippen molar-refractivity contribution in [2.75, 3.05) is 6.54 Å². The quantitative estimate of drug-likeness (QED) is 0.671. The van der Waals surface area contributed by atoms with Crippen molar-refractivity contribution in [3.63, 3.8) is 0 Å². The molecule has 0 aliphatic carbocycles. The fourth-order valence-corrected chi connectivity index (χ4v) is 3.75. The van der Waals surface area contributed by atoms with Crippen LogP contribution in [0.4, 0.5) is 0 Å². The minimum absolute atomic E-state index is 0.111. The summed E-state index contributed by atoms with van der Waals surface area (Å²) >= 11 is 0. The SMILES string of the molecule is Cc1ncoc1-c1ccc(C(C)NC(=O)C2CC(O)CN2C(=O)C(N)C(C)(C)C)cc1. The molecule has 1 aliphatic rings. The van der Waals surface area contributed by atoms with Gasteiger partial charge in [-0.25, -0.2) is 4.98 Å². The molecule has 0 spiro atoms. The smallest absolute Gasteiger partial charge is 0.243 e.